The predicted octanol–water partition coefficient (Wildman–Crippen LogP) is 1.48. The molecule has 2 N–H and O–H groups in total. The zero-order chi connectivity index (χ0) is 17.7. The molecule has 2 amide bonds. The van der Waals surface area contributed by atoms with E-state index in [1.807, 2.05) is 0 Å². The number of halogens is 1. The van der Waals surface area contributed by atoms with Gasteiger partial charge in [0.05, 0.1) is 17.1 Å². The molecular weight excluding hydrogens is 380 g/mol. The van der Waals surface area contributed by atoms with Crippen LogP contribution in [0.25, 0.3) is 0 Å². The Balaban J connectivity index is 1.96. The van der Waals surface area contributed by atoms with Crippen LogP contribution in [-0.2, 0) is 14.3 Å². The Hall–Kier alpha value is -2.09. The van der Waals surface area contributed by atoms with Crippen LogP contribution < -0.4 is 10.5 Å². The van der Waals surface area contributed by atoms with Gasteiger partial charge in [0.2, 0.25) is 5.91 Å². The van der Waals surface area contributed by atoms with E-state index in [1.165, 1.54) is 12.0 Å². The van der Waals surface area contributed by atoms with Crippen molar-refractivity contribution < 1.29 is 23.9 Å². The Kier molecular flexibility index (Phi) is 6.19. The molecule has 1 aliphatic heterocycles. The molecule has 0 unspecified atom stereocenters. The van der Waals surface area contributed by atoms with Crippen molar-refractivity contribution in [3.05, 3.63) is 28.2 Å². The molecule has 0 aromatic heterocycles. The van der Waals surface area contributed by atoms with Crippen LogP contribution in [0.5, 0.6) is 5.75 Å². The number of amides is 2. The van der Waals surface area contributed by atoms with Gasteiger partial charge in [0, 0.05) is 6.54 Å². The summed E-state index contributed by atoms with van der Waals surface area (Å²) in [6, 6.07) is 4.10. The molecule has 24 heavy (non-hydrogen) atoms. The first-order valence-electron chi connectivity index (χ1n) is 7.53. The van der Waals surface area contributed by atoms with Crippen molar-refractivity contribution in [1.82, 2.24) is 4.90 Å². The van der Waals surface area contributed by atoms with Crippen LogP contribution in [0.2, 0.25) is 0 Å². The first-order chi connectivity index (χ1) is 11.4. The van der Waals surface area contributed by atoms with E-state index < -0.39 is 30.4 Å². The minimum atomic E-state index is -0.626. The lowest BCUT2D eigenvalue weighted by Crippen LogP contribution is -2.51. The van der Waals surface area contributed by atoms with Crippen LogP contribution in [0.1, 0.15) is 29.6 Å². The first-order valence-corrected chi connectivity index (χ1v) is 8.32. The number of ether oxygens (including phenoxy) is 2. The summed E-state index contributed by atoms with van der Waals surface area (Å²) in [6.07, 6.45) is 2.19. The lowest BCUT2D eigenvalue weighted by Gasteiger charge is -2.33. The number of nitrogens with two attached hydrogens (primary N) is 1. The van der Waals surface area contributed by atoms with Gasteiger partial charge in [0.1, 0.15) is 11.8 Å². The van der Waals surface area contributed by atoms with Gasteiger partial charge >= 0.3 is 5.97 Å². The Morgan fingerprint density at radius 1 is 1.33 bits per heavy atom. The fourth-order valence-electron chi connectivity index (χ4n) is 2.61. The second-order valence-electron chi connectivity index (χ2n) is 5.43. The number of hydrogen-bond donors (Lipinski definition) is 1. The average molecular weight is 399 g/mol. The minimum absolute atomic E-state index is 0.292. The highest BCUT2D eigenvalue weighted by Crippen LogP contribution is 2.25. The quantitative estimate of drug-likeness (QED) is 0.757. The smallest absolute Gasteiger partial charge is 0.338 e. The third-order valence-electron chi connectivity index (χ3n) is 3.87. The molecule has 1 fully saturated rings. The van der Waals surface area contributed by atoms with Gasteiger partial charge < -0.3 is 20.1 Å². The molecule has 1 saturated heterocycles. The molecule has 1 aliphatic rings. The molecule has 1 atom stereocenters. The van der Waals surface area contributed by atoms with Crippen molar-refractivity contribution >= 4 is 33.7 Å². The zero-order valence-corrected chi connectivity index (χ0v) is 14.9. The highest BCUT2D eigenvalue weighted by Gasteiger charge is 2.31. The number of hydrogen-bond acceptors (Lipinski definition) is 5. The van der Waals surface area contributed by atoms with Crippen LogP contribution in [0, 0.1) is 0 Å². The molecule has 2 rings (SSSR count). The Morgan fingerprint density at radius 3 is 2.71 bits per heavy atom. The van der Waals surface area contributed by atoms with Crippen LogP contribution in [0.3, 0.4) is 0 Å². The summed E-state index contributed by atoms with van der Waals surface area (Å²) in [5, 5.41) is 0. The molecule has 0 bridgehead atoms. The summed E-state index contributed by atoms with van der Waals surface area (Å²) >= 11 is 3.28. The monoisotopic (exact) mass is 398 g/mol. The van der Waals surface area contributed by atoms with Gasteiger partial charge in [-0.2, -0.15) is 0 Å². The van der Waals surface area contributed by atoms with Crippen LogP contribution in [0.15, 0.2) is 22.7 Å². The summed E-state index contributed by atoms with van der Waals surface area (Å²) in [5.41, 5.74) is 5.62. The largest absolute Gasteiger partial charge is 0.496 e. The number of likely N-dealkylation sites (tertiary alicyclic amines) is 1. The summed E-state index contributed by atoms with van der Waals surface area (Å²) in [4.78, 5) is 37.1. The SMILES string of the molecule is COc1ccc(C(=O)OCC(=O)N2CCCC[C@@H]2C(N)=O)cc1Br. The van der Waals surface area contributed by atoms with E-state index in [1.54, 1.807) is 18.2 Å². The fourth-order valence-corrected chi connectivity index (χ4v) is 3.15. The van der Waals surface area contributed by atoms with Gasteiger partial charge in [0.15, 0.2) is 6.61 Å². The Morgan fingerprint density at radius 2 is 2.08 bits per heavy atom. The van der Waals surface area contributed by atoms with Gasteiger partial charge in [-0.05, 0) is 53.4 Å². The highest BCUT2D eigenvalue weighted by molar-refractivity contribution is 9.10. The van der Waals surface area contributed by atoms with Crippen molar-refractivity contribution in [2.24, 2.45) is 5.73 Å². The number of benzene rings is 1. The van der Waals surface area contributed by atoms with E-state index in [-0.39, 0.29) is 0 Å². The number of primary amides is 1. The molecule has 8 heteroatoms. The number of carbonyl (C=O) groups is 3. The average Bonchev–Trinajstić information content (AvgIpc) is 2.59. The number of nitrogens with zero attached hydrogens (tertiary/aromatic N) is 1. The number of esters is 1. The summed E-state index contributed by atoms with van der Waals surface area (Å²) in [7, 11) is 1.52. The third-order valence-corrected chi connectivity index (χ3v) is 4.49. The number of methoxy groups -OCH3 is 1. The van der Waals surface area contributed by atoms with E-state index in [9.17, 15) is 14.4 Å². The van der Waals surface area contributed by atoms with Gasteiger partial charge in [-0.15, -0.1) is 0 Å². The maximum absolute atomic E-state index is 12.2. The van der Waals surface area contributed by atoms with Crippen molar-refractivity contribution in [1.29, 1.82) is 0 Å². The highest BCUT2D eigenvalue weighted by atomic mass is 79.9. The van der Waals surface area contributed by atoms with Crippen molar-refractivity contribution in [3.8, 4) is 5.75 Å². The van der Waals surface area contributed by atoms with E-state index in [0.29, 0.717) is 28.8 Å². The van der Waals surface area contributed by atoms with Crippen molar-refractivity contribution in [2.45, 2.75) is 25.3 Å². The second-order valence-corrected chi connectivity index (χ2v) is 6.28. The van der Waals surface area contributed by atoms with E-state index in [4.69, 9.17) is 15.2 Å². The predicted molar refractivity (Wildman–Crippen MR) is 89.5 cm³/mol. The van der Waals surface area contributed by atoms with E-state index in [2.05, 4.69) is 15.9 Å². The molecule has 1 aromatic carbocycles. The fraction of sp³-hybridized carbons (Fsp3) is 0.438. The van der Waals surface area contributed by atoms with Gasteiger partial charge in [-0.25, -0.2) is 4.79 Å². The number of rotatable bonds is 5. The molecule has 0 saturated carbocycles. The first kappa shape index (κ1) is 18.3. The van der Waals surface area contributed by atoms with E-state index in [0.717, 1.165) is 12.8 Å². The second kappa shape index (κ2) is 8.14. The molecule has 1 heterocycles. The third kappa shape index (κ3) is 4.25. The maximum Gasteiger partial charge on any atom is 0.338 e. The number of piperidine rings is 1. The summed E-state index contributed by atoms with van der Waals surface area (Å²) in [5.74, 6) is -0.993. The van der Waals surface area contributed by atoms with Crippen LogP contribution >= 0.6 is 15.9 Å². The summed E-state index contributed by atoms with van der Waals surface area (Å²) in [6.45, 7) is 0.0182. The molecule has 0 spiro atoms. The topological polar surface area (TPSA) is 98.9 Å². The van der Waals surface area contributed by atoms with Crippen LogP contribution in [-0.4, -0.2) is 49.0 Å². The molecule has 1 aromatic rings. The van der Waals surface area contributed by atoms with Crippen molar-refractivity contribution in [3.63, 3.8) is 0 Å². The zero-order valence-electron chi connectivity index (χ0n) is 13.3. The Bertz CT molecular complexity index is 649. The van der Waals surface area contributed by atoms with Crippen LogP contribution in [0.4, 0.5) is 0 Å². The maximum atomic E-state index is 12.2. The standard InChI is InChI=1S/C16H19BrN2O5/c1-23-13-6-5-10(8-11(13)17)16(22)24-9-14(20)19-7-3-2-4-12(19)15(18)21/h5-6,8,12H,2-4,7,9H2,1H3,(H2,18,21)/t12-/m1/s1. The minimum Gasteiger partial charge on any atom is -0.496 e. The van der Waals surface area contributed by atoms with Crippen molar-refractivity contribution in [2.75, 3.05) is 20.3 Å². The molecule has 7 nitrogen and oxygen atoms in total. The summed E-state index contributed by atoms with van der Waals surface area (Å²) < 4.78 is 10.8. The lowest BCUT2D eigenvalue weighted by molar-refractivity contribution is -0.143. The van der Waals surface area contributed by atoms with Gasteiger partial charge in [0.25, 0.3) is 5.91 Å². The van der Waals surface area contributed by atoms with E-state index >= 15 is 0 Å². The lowest BCUT2D eigenvalue weighted by atomic mass is 10.0. The van der Waals surface area contributed by atoms with Gasteiger partial charge in [-0.1, -0.05) is 0 Å². The molecular formula is C16H19BrN2O5. The normalized spacial score (nSPS) is 17.2. The molecule has 0 aliphatic carbocycles. The Labute approximate surface area is 148 Å². The van der Waals surface area contributed by atoms with Gasteiger partial charge in [-0.3, -0.25) is 9.59 Å². The molecule has 130 valence electrons. The number of carbonyl (C=O) groups excluding carboxylic acids is 3. The molecule has 0 radical (unpaired) electrons.